The maximum Gasteiger partial charge on any atom is 0.107 e. The van der Waals surface area contributed by atoms with Gasteiger partial charge in [0.1, 0.15) is 5.01 Å². The van der Waals surface area contributed by atoms with Gasteiger partial charge < -0.3 is 14.8 Å². The van der Waals surface area contributed by atoms with E-state index in [2.05, 4.69) is 15.7 Å². The Bertz CT molecular complexity index is 353. The molecule has 1 N–H and O–H groups in total. The number of thiazole rings is 1. The van der Waals surface area contributed by atoms with Crippen molar-refractivity contribution in [2.45, 2.75) is 52.0 Å². The average molecular weight is 270 g/mol. The highest BCUT2D eigenvalue weighted by molar-refractivity contribution is 7.09. The summed E-state index contributed by atoms with van der Waals surface area (Å²) in [5, 5.41) is 6.70. The highest BCUT2D eigenvalue weighted by Gasteiger charge is 2.20. The van der Waals surface area contributed by atoms with Crippen LogP contribution in [0.5, 0.6) is 0 Å². The molecule has 0 radical (unpaired) electrons. The first-order valence-corrected chi connectivity index (χ1v) is 7.52. The minimum Gasteiger partial charge on any atom is -0.379 e. The van der Waals surface area contributed by atoms with Crippen LogP contribution in [-0.4, -0.2) is 30.3 Å². The Morgan fingerprint density at radius 3 is 3.11 bits per heavy atom. The third kappa shape index (κ3) is 5.02. The van der Waals surface area contributed by atoms with Crippen LogP contribution in [0.2, 0.25) is 0 Å². The zero-order chi connectivity index (χ0) is 12.8. The van der Waals surface area contributed by atoms with Crippen LogP contribution in [0.1, 0.15) is 37.4 Å². The molecule has 0 spiro atoms. The van der Waals surface area contributed by atoms with Gasteiger partial charge in [0.15, 0.2) is 0 Å². The van der Waals surface area contributed by atoms with Gasteiger partial charge in [-0.25, -0.2) is 4.98 Å². The second-order valence-electron chi connectivity index (χ2n) is 4.67. The molecule has 1 aliphatic carbocycles. The Hall–Kier alpha value is -0.490. The first-order valence-electron chi connectivity index (χ1n) is 6.64. The van der Waals surface area contributed by atoms with Crippen LogP contribution in [0.4, 0.5) is 0 Å². The third-order valence-corrected chi connectivity index (χ3v) is 3.69. The van der Waals surface area contributed by atoms with Gasteiger partial charge in [0, 0.05) is 24.6 Å². The molecule has 2 rings (SSSR count). The molecule has 0 bridgehead atoms. The van der Waals surface area contributed by atoms with E-state index in [0.29, 0.717) is 13.2 Å². The van der Waals surface area contributed by atoms with Crippen molar-refractivity contribution in [1.82, 2.24) is 10.3 Å². The SMILES string of the molecule is CCOCC(C)OCc1csc(CNC2CC2)n1. The van der Waals surface area contributed by atoms with Crippen molar-refractivity contribution in [3.05, 3.63) is 16.1 Å². The summed E-state index contributed by atoms with van der Waals surface area (Å²) in [5.74, 6) is 0. The molecule has 5 heteroatoms. The van der Waals surface area contributed by atoms with Crippen LogP contribution in [0.15, 0.2) is 5.38 Å². The average Bonchev–Trinajstić information content (AvgIpc) is 3.10. The number of nitrogens with one attached hydrogen (secondary N) is 1. The van der Waals surface area contributed by atoms with Crippen LogP contribution >= 0.6 is 11.3 Å². The van der Waals surface area contributed by atoms with Crippen LogP contribution in [0, 0.1) is 0 Å². The fourth-order valence-corrected chi connectivity index (χ4v) is 2.30. The van der Waals surface area contributed by atoms with E-state index >= 15 is 0 Å². The zero-order valence-electron chi connectivity index (χ0n) is 11.1. The Morgan fingerprint density at radius 2 is 2.39 bits per heavy atom. The highest BCUT2D eigenvalue weighted by atomic mass is 32.1. The van der Waals surface area contributed by atoms with Gasteiger partial charge >= 0.3 is 0 Å². The van der Waals surface area contributed by atoms with E-state index in [-0.39, 0.29) is 6.10 Å². The molecular weight excluding hydrogens is 248 g/mol. The smallest absolute Gasteiger partial charge is 0.107 e. The lowest BCUT2D eigenvalue weighted by Crippen LogP contribution is -2.16. The van der Waals surface area contributed by atoms with Crippen LogP contribution < -0.4 is 5.32 Å². The second kappa shape index (κ2) is 7.19. The van der Waals surface area contributed by atoms with Crippen LogP contribution in [0.3, 0.4) is 0 Å². The Labute approximate surface area is 113 Å². The van der Waals surface area contributed by atoms with Crippen molar-refractivity contribution < 1.29 is 9.47 Å². The lowest BCUT2D eigenvalue weighted by molar-refractivity contribution is -0.0126. The zero-order valence-corrected chi connectivity index (χ0v) is 12.0. The molecule has 1 heterocycles. The molecule has 0 aliphatic heterocycles. The maximum absolute atomic E-state index is 5.68. The molecule has 1 aliphatic rings. The third-order valence-electron chi connectivity index (χ3n) is 2.79. The van der Waals surface area contributed by atoms with Gasteiger partial charge in [0.05, 0.1) is 25.0 Å². The van der Waals surface area contributed by atoms with Gasteiger partial charge in [0.25, 0.3) is 0 Å². The molecule has 1 aromatic heterocycles. The molecule has 1 aromatic rings. The Kier molecular flexibility index (Phi) is 5.56. The van der Waals surface area contributed by atoms with Crippen molar-refractivity contribution >= 4 is 11.3 Å². The lowest BCUT2D eigenvalue weighted by Gasteiger charge is -2.11. The monoisotopic (exact) mass is 270 g/mol. The van der Waals surface area contributed by atoms with Crippen LogP contribution in [0.25, 0.3) is 0 Å². The molecule has 18 heavy (non-hydrogen) atoms. The molecule has 102 valence electrons. The van der Waals surface area contributed by atoms with Crippen LogP contribution in [-0.2, 0) is 22.6 Å². The fraction of sp³-hybridized carbons (Fsp3) is 0.769. The lowest BCUT2D eigenvalue weighted by atomic mass is 10.4. The molecule has 1 atom stereocenters. The maximum atomic E-state index is 5.68. The predicted molar refractivity (Wildman–Crippen MR) is 72.7 cm³/mol. The predicted octanol–water partition coefficient (Wildman–Crippen LogP) is 2.34. The number of hydrogen-bond donors (Lipinski definition) is 1. The summed E-state index contributed by atoms with van der Waals surface area (Å²) in [5.41, 5.74) is 1.02. The molecule has 0 saturated heterocycles. The van der Waals surface area contributed by atoms with E-state index in [9.17, 15) is 0 Å². The Balaban J connectivity index is 1.65. The van der Waals surface area contributed by atoms with E-state index in [1.165, 1.54) is 12.8 Å². The molecule has 0 amide bonds. The first kappa shape index (κ1) is 13.9. The molecule has 0 aromatic carbocycles. The summed E-state index contributed by atoms with van der Waals surface area (Å²) < 4.78 is 11.0. The largest absolute Gasteiger partial charge is 0.379 e. The number of ether oxygens (including phenoxy) is 2. The number of aromatic nitrogens is 1. The summed E-state index contributed by atoms with van der Waals surface area (Å²) in [4.78, 5) is 4.55. The molecule has 1 saturated carbocycles. The van der Waals surface area contributed by atoms with Gasteiger partial charge in [-0.05, 0) is 26.7 Å². The van der Waals surface area contributed by atoms with Gasteiger partial charge in [0.2, 0.25) is 0 Å². The Morgan fingerprint density at radius 1 is 1.56 bits per heavy atom. The van der Waals surface area contributed by atoms with Crippen molar-refractivity contribution in [3.63, 3.8) is 0 Å². The normalized spacial score (nSPS) is 17.0. The molecule has 1 unspecified atom stereocenters. The second-order valence-corrected chi connectivity index (χ2v) is 5.61. The molecule has 4 nitrogen and oxygen atoms in total. The number of rotatable bonds is 9. The summed E-state index contributed by atoms with van der Waals surface area (Å²) in [6.45, 7) is 6.88. The van der Waals surface area contributed by atoms with Crippen molar-refractivity contribution in [3.8, 4) is 0 Å². The number of nitrogens with zero attached hydrogens (tertiary/aromatic N) is 1. The standard InChI is InChI=1S/C13H22N2O2S/c1-3-16-7-10(2)17-8-12-9-18-13(15-12)6-14-11-4-5-11/h9-11,14H,3-8H2,1-2H3. The number of hydrogen-bond acceptors (Lipinski definition) is 5. The van der Waals surface area contributed by atoms with Crippen molar-refractivity contribution in [2.75, 3.05) is 13.2 Å². The van der Waals surface area contributed by atoms with E-state index in [0.717, 1.165) is 29.9 Å². The van der Waals surface area contributed by atoms with E-state index in [1.54, 1.807) is 11.3 Å². The summed E-state index contributed by atoms with van der Waals surface area (Å²) >= 11 is 1.70. The van der Waals surface area contributed by atoms with Gasteiger partial charge in [-0.1, -0.05) is 0 Å². The van der Waals surface area contributed by atoms with Gasteiger partial charge in [-0.15, -0.1) is 11.3 Å². The van der Waals surface area contributed by atoms with E-state index in [4.69, 9.17) is 9.47 Å². The summed E-state index contributed by atoms with van der Waals surface area (Å²) in [7, 11) is 0. The van der Waals surface area contributed by atoms with E-state index in [1.807, 2.05) is 13.8 Å². The fourth-order valence-electron chi connectivity index (χ4n) is 1.58. The highest BCUT2D eigenvalue weighted by Crippen LogP contribution is 2.20. The summed E-state index contributed by atoms with van der Waals surface area (Å²) in [6.07, 6.45) is 2.76. The van der Waals surface area contributed by atoms with Crippen molar-refractivity contribution in [1.29, 1.82) is 0 Å². The first-order chi connectivity index (χ1) is 8.78. The van der Waals surface area contributed by atoms with Gasteiger partial charge in [-0.2, -0.15) is 0 Å². The van der Waals surface area contributed by atoms with E-state index < -0.39 is 0 Å². The minimum absolute atomic E-state index is 0.125. The summed E-state index contributed by atoms with van der Waals surface area (Å²) in [6, 6.07) is 0.736. The van der Waals surface area contributed by atoms with Crippen molar-refractivity contribution in [2.24, 2.45) is 0 Å². The quantitative estimate of drug-likeness (QED) is 0.748. The van der Waals surface area contributed by atoms with Gasteiger partial charge in [-0.3, -0.25) is 0 Å². The topological polar surface area (TPSA) is 43.4 Å². The molecular formula is C13H22N2O2S. The minimum atomic E-state index is 0.125. The molecule has 1 fully saturated rings.